The van der Waals surface area contributed by atoms with Crippen LogP contribution in [0, 0.1) is 0 Å². The summed E-state index contributed by atoms with van der Waals surface area (Å²) in [6, 6.07) is 5.19. The van der Waals surface area contributed by atoms with Gasteiger partial charge in [-0.1, -0.05) is 29.3 Å². The highest BCUT2D eigenvalue weighted by atomic mass is 35.5. The molecule has 0 saturated heterocycles. The van der Waals surface area contributed by atoms with Gasteiger partial charge in [-0.2, -0.15) is 5.10 Å². The number of aromatic nitrogens is 2. The zero-order valence-electron chi connectivity index (χ0n) is 9.27. The van der Waals surface area contributed by atoms with Crippen LogP contribution in [0.15, 0.2) is 30.6 Å². The molecule has 2 rings (SSSR count). The third-order valence-electron chi connectivity index (χ3n) is 2.52. The molecule has 0 bridgehead atoms. The van der Waals surface area contributed by atoms with Crippen LogP contribution in [0.3, 0.4) is 0 Å². The van der Waals surface area contributed by atoms with Crippen LogP contribution in [0.1, 0.15) is 17.2 Å². The lowest BCUT2D eigenvalue weighted by Gasteiger charge is -2.13. The fraction of sp³-hybridized carbons (Fsp3) is 0.250. The highest BCUT2D eigenvalue weighted by Gasteiger charge is 2.16. The Balaban J connectivity index is 2.22. The fourth-order valence-corrected chi connectivity index (χ4v) is 2.38. The Hall–Kier alpha value is -1.03. The molecule has 0 saturated carbocycles. The quantitative estimate of drug-likeness (QED) is 0.931. The van der Waals surface area contributed by atoms with Gasteiger partial charge in [-0.3, -0.25) is 4.68 Å². The summed E-state index contributed by atoms with van der Waals surface area (Å²) in [7, 11) is 1.83. The molecule has 5 heteroatoms. The highest BCUT2D eigenvalue weighted by molar-refractivity contribution is 6.36. The van der Waals surface area contributed by atoms with E-state index in [1.807, 2.05) is 13.2 Å². The molecular weight excluding hydrogens is 259 g/mol. The van der Waals surface area contributed by atoms with Crippen molar-refractivity contribution in [3.8, 4) is 0 Å². The van der Waals surface area contributed by atoms with Gasteiger partial charge in [0.05, 0.1) is 12.3 Å². The molecule has 1 N–H and O–H groups in total. The van der Waals surface area contributed by atoms with Crippen LogP contribution in [-0.2, 0) is 13.5 Å². The van der Waals surface area contributed by atoms with E-state index in [0.29, 0.717) is 22.0 Å². The Morgan fingerprint density at radius 2 is 2.00 bits per heavy atom. The van der Waals surface area contributed by atoms with Crippen molar-refractivity contribution in [2.24, 2.45) is 7.05 Å². The van der Waals surface area contributed by atoms with Crippen LogP contribution in [0.25, 0.3) is 0 Å². The fourth-order valence-electron chi connectivity index (χ4n) is 1.73. The number of hydrogen-bond donors (Lipinski definition) is 1. The number of halogens is 2. The average Bonchev–Trinajstić information content (AvgIpc) is 2.63. The summed E-state index contributed by atoms with van der Waals surface area (Å²) in [4.78, 5) is 0. The zero-order valence-corrected chi connectivity index (χ0v) is 10.8. The molecule has 1 unspecified atom stereocenters. The van der Waals surface area contributed by atoms with Crippen LogP contribution < -0.4 is 0 Å². The molecule has 1 aromatic heterocycles. The van der Waals surface area contributed by atoms with Crippen molar-refractivity contribution in [2.75, 3.05) is 0 Å². The second-order valence-electron chi connectivity index (χ2n) is 3.88. The van der Waals surface area contributed by atoms with E-state index in [0.717, 1.165) is 5.56 Å². The smallest absolute Gasteiger partial charge is 0.0860 e. The number of aryl methyl sites for hydroxylation is 1. The molecule has 3 nitrogen and oxygen atoms in total. The number of hydrogen-bond acceptors (Lipinski definition) is 2. The average molecular weight is 271 g/mol. The van der Waals surface area contributed by atoms with Crippen LogP contribution >= 0.6 is 23.2 Å². The summed E-state index contributed by atoms with van der Waals surface area (Å²) >= 11 is 12.1. The summed E-state index contributed by atoms with van der Waals surface area (Å²) in [6.07, 6.45) is 3.29. The van der Waals surface area contributed by atoms with Gasteiger partial charge >= 0.3 is 0 Å². The molecule has 1 aromatic carbocycles. The highest BCUT2D eigenvalue weighted by Crippen LogP contribution is 2.31. The Morgan fingerprint density at radius 1 is 1.35 bits per heavy atom. The summed E-state index contributed by atoms with van der Waals surface area (Å²) in [6.45, 7) is 0. The van der Waals surface area contributed by atoms with Gasteiger partial charge in [-0.05, 0) is 17.7 Å². The van der Waals surface area contributed by atoms with E-state index < -0.39 is 6.10 Å². The van der Waals surface area contributed by atoms with Gasteiger partial charge in [-0.25, -0.2) is 0 Å². The Kier molecular flexibility index (Phi) is 3.72. The largest absolute Gasteiger partial charge is 0.388 e. The SMILES string of the molecule is Cn1cc(CC(O)c2c(Cl)cccc2Cl)cn1. The van der Waals surface area contributed by atoms with E-state index in [1.165, 1.54) is 0 Å². The Morgan fingerprint density at radius 3 is 2.53 bits per heavy atom. The molecule has 0 aliphatic carbocycles. The van der Waals surface area contributed by atoms with Crippen molar-refractivity contribution in [1.82, 2.24) is 9.78 Å². The predicted octanol–water partition coefficient (Wildman–Crippen LogP) is 3.00. The van der Waals surface area contributed by atoms with Crippen molar-refractivity contribution >= 4 is 23.2 Å². The van der Waals surface area contributed by atoms with Gasteiger partial charge in [0.15, 0.2) is 0 Å². The second-order valence-corrected chi connectivity index (χ2v) is 4.69. The molecule has 1 atom stereocenters. The minimum Gasteiger partial charge on any atom is -0.388 e. The lowest BCUT2D eigenvalue weighted by molar-refractivity contribution is 0.178. The number of benzene rings is 1. The zero-order chi connectivity index (χ0) is 12.4. The lowest BCUT2D eigenvalue weighted by atomic mass is 10.0. The second kappa shape index (κ2) is 5.08. The van der Waals surface area contributed by atoms with E-state index in [-0.39, 0.29) is 0 Å². The molecule has 0 fully saturated rings. The van der Waals surface area contributed by atoms with E-state index in [1.54, 1.807) is 29.1 Å². The minimum atomic E-state index is -0.722. The van der Waals surface area contributed by atoms with Crippen LogP contribution in [0.4, 0.5) is 0 Å². The third kappa shape index (κ3) is 2.80. The maximum atomic E-state index is 10.1. The Bertz CT molecular complexity index is 505. The predicted molar refractivity (Wildman–Crippen MR) is 68.3 cm³/mol. The van der Waals surface area contributed by atoms with Gasteiger partial charge in [0.2, 0.25) is 0 Å². The monoisotopic (exact) mass is 270 g/mol. The molecule has 0 radical (unpaired) electrons. The minimum absolute atomic E-state index is 0.442. The van der Waals surface area contributed by atoms with E-state index in [4.69, 9.17) is 23.2 Å². The topological polar surface area (TPSA) is 38.0 Å². The first-order valence-electron chi connectivity index (χ1n) is 5.17. The van der Waals surface area contributed by atoms with Crippen LogP contribution in [0.2, 0.25) is 10.0 Å². The van der Waals surface area contributed by atoms with Gasteiger partial charge in [0.25, 0.3) is 0 Å². The third-order valence-corrected chi connectivity index (χ3v) is 3.18. The van der Waals surface area contributed by atoms with E-state index >= 15 is 0 Å². The number of nitrogens with zero attached hydrogens (tertiary/aromatic N) is 2. The number of aliphatic hydroxyl groups is 1. The molecule has 0 spiro atoms. The summed E-state index contributed by atoms with van der Waals surface area (Å²) < 4.78 is 1.69. The summed E-state index contributed by atoms with van der Waals surface area (Å²) in [5, 5.41) is 15.1. The van der Waals surface area contributed by atoms with Gasteiger partial charge in [0, 0.05) is 35.3 Å². The molecule has 1 heterocycles. The molecule has 2 aromatic rings. The first-order chi connectivity index (χ1) is 8.08. The van der Waals surface area contributed by atoms with E-state index in [2.05, 4.69) is 5.10 Å². The van der Waals surface area contributed by atoms with Gasteiger partial charge < -0.3 is 5.11 Å². The van der Waals surface area contributed by atoms with Crippen LogP contribution in [-0.4, -0.2) is 14.9 Å². The first-order valence-corrected chi connectivity index (χ1v) is 5.93. The molecule has 0 aliphatic rings. The first kappa shape index (κ1) is 12.4. The van der Waals surface area contributed by atoms with Crippen molar-refractivity contribution in [2.45, 2.75) is 12.5 Å². The van der Waals surface area contributed by atoms with E-state index in [9.17, 15) is 5.11 Å². The van der Waals surface area contributed by atoms with Crippen LogP contribution in [0.5, 0.6) is 0 Å². The molecule has 0 aliphatic heterocycles. The van der Waals surface area contributed by atoms with Crippen molar-refractivity contribution in [1.29, 1.82) is 0 Å². The number of rotatable bonds is 3. The maximum Gasteiger partial charge on any atom is 0.0860 e. The molecule has 17 heavy (non-hydrogen) atoms. The molecular formula is C12H12Cl2N2O. The normalized spacial score (nSPS) is 12.7. The number of aliphatic hydroxyl groups excluding tert-OH is 1. The Labute approximate surface area is 110 Å². The molecule has 0 amide bonds. The lowest BCUT2D eigenvalue weighted by Crippen LogP contribution is -2.03. The van der Waals surface area contributed by atoms with Crippen molar-refractivity contribution in [3.63, 3.8) is 0 Å². The maximum absolute atomic E-state index is 10.1. The van der Waals surface area contributed by atoms with Crippen molar-refractivity contribution < 1.29 is 5.11 Å². The van der Waals surface area contributed by atoms with Gasteiger partial charge in [0.1, 0.15) is 0 Å². The van der Waals surface area contributed by atoms with Crippen molar-refractivity contribution in [3.05, 3.63) is 51.8 Å². The summed E-state index contributed by atoms with van der Waals surface area (Å²) in [5.74, 6) is 0. The van der Waals surface area contributed by atoms with Gasteiger partial charge in [-0.15, -0.1) is 0 Å². The summed E-state index contributed by atoms with van der Waals surface area (Å²) in [5.41, 5.74) is 1.51. The standard InChI is InChI=1S/C12H12Cl2N2O/c1-16-7-8(6-15-16)5-11(17)12-9(13)3-2-4-10(12)14/h2-4,6-7,11,17H,5H2,1H3. The molecule has 90 valence electrons.